The van der Waals surface area contributed by atoms with Gasteiger partial charge in [0.2, 0.25) is 5.91 Å². The molecule has 1 aliphatic heterocycles. The first-order valence-corrected chi connectivity index (χ1v) is 9.59. The highest BCUT2D eigenvalue weighted by atomic mass is 16.2. The molecule has 0 unspecified atom stereocenters. The van der Waals surface area contributed by atoms with Crippen LogP contribution in [0.25, 0.3) is 0 Å². The number of hydrogen-bond acceptors (Lipinski definition) is 3. The van der Waals surface area contributed by atoms with Crippen LogP contribution in [0.4, 0.5) is 0 Å². The number of carbonyl (C=O) groups excluding carboxylic acids is 1. The summed E-state index contributed by atoms with van der Waals surface area (Å²) in [6.45, 7) is 11.4. The molecule has 2 heterocycles. The van der Waals surface area contributed by atoms with Gasteiger partial charge in [-0.1, -0.05) is 12.8 Å². The molecule has 2 aliphatic rings. The second-order valence-corrected chi connectivity index (χ2v) is 7.53. The molecule has 1 N–H and O–H groups in total. The highest BCUT2D eigenvalue weighted by molar-refractivity contribution is 5.87. The van der Waals surface area contributed by atoms with E-state index >= 15 is 0 Å². The third-order valence-corrected chi connectivity index (χ3v) is 6.08. The zero-order valence-corrected chi connectivity index (χ0v) is 15.7. The van der Waals surface area contributed by atoms with Crippen LogP contribution in [0.2, 0.25) is 0 Å². The van der Waals surface area contributed by atoms with Gasteiger partial charge in [-0.15, -0.1) is 0 Å². The molecule has 1 aliphatic carbocycles. The van der Waals surface area contributed by atoms with Gasteiger partial charge in [0.1, 0.15) is 5.54 Å². The van der Waals surface area contributed by atoms with Gasteiger partial charge in [0, 0.05) is 17.8 Å². The van der Waals surface area contributed by atoms with E-state index in [1.807, 2.05) is 11.6 Å². The van der Waals surface area contributed by atoms with Crippen molar-refractivity contribution in [2.24, 2.45) is 0 Å². The van der Waals surface area contributed by atoms with Gasteiger partial charge in [-0.2, -0.15) is 5.10 Å². The first-order valence-electron chi connectivity index (χ1n) is 9.59. The third-order valence-electron chi connectivity index (χ3n) is 6.08. The average Bonchev–Trinajstić information content (AvgIpc) is 3.26. The summed E-state index contributed by atoms with van der Waals surface area (Å²) in [7, 11) is 0. The number of rotatable bonds is 5. The number of likely N-dealkylation sites (tertiary alicyclic amines) is 1. The van der Waals surface area contributed by atoms with Gasteiger partial charge in [-0.05, 0) is 66.5 Å². The molecule has 0 spiro atoms. The zero-order chi connectivity index (χ0) is 17.3. The molecular formula is C19H32N4O. The van der Waals surface area contributed by atoms with Gasteiger partial charge in [-0.25, -0.2) is 0 Å². The Labute approximate surface area is 145 Å². The minimum absolute atomic E-state index is 0.0119. The van der Waals surface area contributed by atoms with E-state index < -0.39 is 0 Å². The van der Waals surface area contributed by atoms with Crippen LogP contribution in [0.1, 0.15) is 75.4 Å². The summed E-state index contributed by atoms with van der Waals surface area (Å²) in [5.41, 5.74) is 3.13. The molecule has 1 amide bonds. The molecule has 0 radical (unpaired) electrons. The van der Waals surface area contributed by atoms with E-state index in [1.54, 1.807) is 0 Å². The van der Waals surface area contributed by atoms with E-state index in [9.17, 15) is 4.79 Å². The highest BCUT2D eigenvalue weighted by Crippen LogP contribution is 2.38. The van der Waals surface area contributed by atoms with Crippen LogP contribution < -0.4 is 5.32 Å². The van der Waals surface area contributed by atoms with E-state index in [2.05, 4.69) is 36.1 Å². The lowest BCUT2D eigenvalue weighted by Crippen LogP contribution is -2.56. The average molecular weight is 332 g/mol. The van der Waals surface area contributed by atoms with Crippen molar-refractivity contribution >= 4 is 5.91 Å². The molecule has 24 heavy (non-hydrogen) atoms. The van der Waals surface area contributed by atoms with Gasteiger partial charge in [0.15, 0.2) is 0 Å². The molecule has 2 fully saturated rings. The normalized spacial score (nSPS) is 22.0. The molecule has 5 nitrogen and oxygen atoms in total. The lowest BCUT2D eigenvalue weighted by molar-refractivity contribution is -0.133. The summed E-state index contributed by atoms with van der Waals surface area (Å²) >= 11 is 0. The number of nitrogens with zero attached hydrogens (tertiary/aromatic N) is 3. The van der Waals surface area contributed by atoms with Crippen LogP contribution in [-0.4, -0.2) is 39.2 Å². The van der Waals surface area contributed by atoms with Crippen molar-refractivity contribution < 1.29 is 4.79 Å². The summed E-state index contributed by atoms with van der Waals surface area (Å²) in [4.78, 5) is 15.7. The van der Waals surface area contributed by atoms with Gasteiger partial charge >= 0.3 is 0 Å². The van der Waals surface area contributed by atoms with Crippen LogP contribution in [0.5, 0.6) is 0 Å². The lowest BCUT2D eigenvalue weighted by Gasteiger charge is -2.38. The van der Waals surface area contributed by atoms with E-state index in [4.69, 9.17) is 0 Å². The second kappa shape index (κ2) is 6.87. The van der Waals surface area contributed by atoms with Gasteiger partial charge in [0.05, 0.1) is 11.7 Å². The number of hydrogen-bond donors (Lipinski definition) is 1. The summed E-state index contributed by atoms with van der Waals surface area (Å²) in [5.74, 6) is 0.234. The zero-order valence-electron chi connectivity index (χ0n) is 15.7. The molecule has 5 heteroatoms. The maximum Gasteiger partial charge on any atom is 0.241 e. The Morgan fingerprint density at radius 3 is 2.38 bits per heavy atom. The molecule has 0 aromatic carbocycles. The Kier molecular flexibility index (Phi) is 5.00. The maximum atomic E-state index is 13.3. The number of amides is 1. The molecule has 134 valence electrons. The SMILES string of the molecule is CCn1nc(C)c([C@@H](C)NC(=O)C2(N3CCCC3)CCCC2)c1C. The largest absolute Gasteiger partial charge is 0.348 e. The Bertz CT molecular complexity index is 595. The van der Waals surface area contributed by atoms with Crippen LogP contribution >= 0.6 is 0 Å². The fraction of sp³-hybridized carbons (Fsp3) is 0.789. The summed E-state index contributed by atoms with van der Waals surface area (Å²) < 4.78 is 2.03. The molecule has 0 bridgehead atoms. The van der Waals surface area contributed by atoms with E-state index in [1.165, 1.54) is 36.9 Å². The predicted molar refractivity (Wildman–Crippen MR) is 95.9 cm³/mol. The first-order chi connectivity index (χ1) is 11.5. The van der Waals surface area contributed by atoms with Crippen LogP contribution in [0.15, 0.2) is 0 Å². The molecule has 1 aromatic rings. The quantitative estimate of drug-likeness (QED) is 0.901. The summed E-state index contributed by atoms with van der Waals surface area (Å²) in [6.07, 6.45) is 6.82. The topological polar surface area (TPSA) is 50.2 Å². The number of aryl methyl sites for hydroxylation is 2. The summed E-state index contributed by atoms with van der Waals surface area (Å²) in [6, 6.07) is 0.0119. The fourth-order valence-electron chi connectivity index (χ4n) is 4.84. The fourth-order valence-corrected chi connectivity index (χ4v) is 4.84. The minimum atomic E-state index is -0.257. The van der Waals surface area contributed by atoms with E-state index in [0.29, 0.717) is 0 Å². The Hall–Kier alpha value is -1.36. The Morgan fingerprint density at radius 1 is 1.21 bits per heavy atom. The van der Waals surface area contributed by atoms with Crippen molar-refractivity contribution in [3.8, 4) is 0 Å². The number of aromatic nitrogens is 2. The summed E-state index contributed by atoms with van der Waals surface area (Å²) in [5, 5.41) is 7.95. The van der Waals surface area contributed by atoms with Crippen molar-refractivity contribution in [1.29, 1.82) is 0 Å². The smallest absolute Gasteiger partial charge is 0.241 e. The van der Waals surface area contributed by atoms with Crippen LogP contribution in [0.3, 0.4) is 0 Å². The number of carbonyl (C=O) groups is 1. The van der Waals surface area contributed by atoms with Crippen LogP contribution in [-0.2, 0) is 11.3 Å². The molecule has 3 rings (SSSR count). The van der Waals surface area contributed by atoms with Crippen molar-refractivity contribution in [3.05, 3.63) is 17.0 Å². The molecule has 1 saturated heterocycles. The standard InChI is InChI=1S/C19H32N4O/c1-5-23-16(4)17(15(3)21-23)14(2)20-18(24)19(10-6-7-11-19)22-12-8-9-13-22/h14H,5-13H2,1-4H3,(H,20,24)/t14-/m1/s1. The second-order valence-electron chi connectivity index (χ2n) is 7.53. The van der Waals surface area contributed by atoms with E-state index in [0.717, 1.165) is 38.2 Å². The minimum Gasteiger partial charge on any atom is -0.348 e. The third kappa shape index (κ3) is 2.87. The number of nitrogens with one attached hydrogen (secondary N) is 1. The van der Waals surface area contributed by atoms with Crippen molar-refractivity contribution in [1.82, 2.24) is 20.0 Å². The highest BCUT2D eigenvalue weighted by Gasteiger charge is 2.47. The Balaban J connectivity index is 1.79. The first kappa shape index (κ1) is 17.5. The maximum absolute atomic E-state index is 13.3. The van der Waals surface area contributed by atoms with Crippen molar-refractivity contribution in [3.63, 3.8) is 0 Å². The van der Waals surface area contributed by atoms with Gasteiger partial charge in [-0.3, -0.25) is 14.4 Å². The lowest BCUT2D eigenvalue weighted by atomic mass is 9.93. The van der Waals surface area contributed by atoms with Crippen LogP contribution in [0, 0.1) is 13.8 Å². The van der Waals surface area contributed by atoms with Crippen molar-refractivity contribution in [2.75, 3.05) is 13.1 Å². The van der Waals surface area contributed by atoms with Gasteiger partial charge < -0.3 is 5.32 Å². The molecule has 1 atom stereocenters. The van der Waals surface area contributed by atoms with E-state index in [-0.39, 0.29) is 17.5 Å². The van der Waals surface area contributed by atoms with Crippen molar-refractivity contribution in [2.45, 2.75) is 84.3 Å². The molecule has 1 saturated carbocycles. The predicted octanol–water partition coefficient (Wildman–Crippen LogP) is 3.11. The Morgan fingerprint density at radius 2 is 1.83 bits per heavy atom. The molecule has 1 aromatic heterocycles. The monoisotopic (exact) mass is 332 g/mol. The molecular weight excluding hydrogens is 300 g/mol. The van der Waals surface area contributed by atoms with Gasteiger partial charge in [0.25, 0.3) is 0 Å².